The van der Waals surface area contributed by atoms with E-state index in [1.54, 1.807) is 31.2 Å². The highest BCUT2D eigenvalue weighted by molar-refractivity contribution is 5.97. The van der Waals surface area contributed by atoms with Crippen molar-refractivity contribution in [1.82, 2.24) is 5.32 Å². The molecule has 24 heavy (non-hydrogen) atoms. The predicted octanol–water partition coefficient (Wildman–Crippen LogP) is 2.40. The Morgan fingerprint density at radius 1 is 1.25 bits per heavy atom. The van der Waals surface area contributed by atoms with Crippen LogP contribution < -0.4 is 15.4 Å². The van der Waals surface area contributed by atoms with E-state index in [0.29, 0.717) is 23.5 Å². The van der Waals surface area contributed by atoms with Crippen LogP contribution in [-0.2, 0) is 22.6 Å². The highest BCUT2D eigenvalue weighted by Gasteiger charge is 2.23. The van der Waals surface area contributed by atoms with Crippen LogP contribution in [0.2, 0.25) is 0 Å². The van der Waals surface area contributed by atoms with Gasteiger partial charge in [0.2, 0.25) is 5.91 Å². The average Bonchev–Trinajstić information content (AvgIpc) is 2.54. The Balaban J connectivity index is 1.60. The van der Waals surface area contributed by atoms with E-state index >= 15 is 0 Å². The molecule has 0 spiro atoms. The number of amides is 2. The lowest BCUT2D eigenvalue weighted by Gasteiger charge is -2.23. The molecular formula is C18H17FN2O3. The Kier molecular flexibility index (Phi) is 4.46. The van der Waals surface area contributed by atoms with E-state index in [2.05, 4.69) is 10.6 Å². The highest BCUT2D eigenvalue weighted by Crippen LogP contribution is 2.30. The SMILES string of the molecule is CC1Oc2ccc(CNC(=O)Cc3cccc(F)c3)cc2NC1=O. The molecule has 2 amide bonds. The van der Waals surface area contributed by atoms with Crippen LogP contribution in [0.5, 0.6) is 5.75 Å². The van der Waals surface area contributed by atoms with Crippen molar-refractivity contribution in [1.29, 1.82) is 0 Å². The molecular weight excluding hydrogens is 311 g/mol. The molecule has 0 aliphatic carbocycles. The summed E-state index contributed by atoms with van der Waals surface area (Å²) in [5.74, 6) is -0.154. The van der Waals surface area contributed by atoms with Crippen molar-refractivity contribution in [3.8, 4) is 5.75 Å². The van der Waals surface area contributed by atoms with Crippen molar-refractivity contribution in [2.24, 2.45) is 0 Å². The number of nitrogens with one attached hydrogen (secondary N) is 2. The first-order valence-corrected chi connectivity index (χ1v) is 7.63. The first-order valence-electron chi connectivity index (χ1n) is 7.63. The Hall–Kier alpha value is -2.89. The predicted molar refractivity (Wildman–Crippen MR) is 87.1 cm³/mol. The van der Waals surface area contributed by atoms with Crippen molar-refractivity contribution in [3.05, 3.63) is 59.4 Å². The monoisotopic (exact) mass is 328 g/mol. The van der Waals surface area contributed by atoms with E-state index < -0.39 is 6.10 Å². The quantitative estimate of drug-likeness (QED) is 0.906. The molecule has 0 radical (unpaired) electrons. The van der Waals surface area contributed by atoms with Crippen LogP contribution in [0.25, 0.3) is 0 Å². The third kappa shape index (κ3) is 3.71. The lowest BCUT2D eigenvalue weighted by atomic mass is 10.1. The van der Waals surface area contributed by atoms with Crippen LogP contribution in [-0.4, -0.2) is 17.9 Å². The summed E-state index contributed by atoms with van der Waals surface area (Å²) in [4.78, 5) is 23.6. The Bertz CT molecular complexity index is 792. The van der Waals surface area contributed by atoms with Gasteiger partial charge in [-0.05, 0) is 42.3 Å². The third-order valence-corrected chi connectivity index (χ3v) is 3.72. The number of anilines is 1. The smallest absolute Gasteiger partial charge is 0.265 e. The number of halogens is 1. The van der Waals surface area contributed by atoms with Gasteiger partial charge in [-0.2, -0.15) is 0 Å². The zero-order valence-electron chi connectivity index (χ0n) is 13.1. The molecule has 1 aliphatic rings. The van der Waals surface area contributed by atoms with E-state index in [1.165, 1.54) is 12.1 Å². The van der Waals surface area contributed by atoms with Crippen molar-refractivity contribution in [2.75, 3.05) is 5.32 Å². The molecule has 6 heteroatoms. The van der Waals surface area contributed by atoms with Gasteiger partial charge in [0.25, 0.3) is 5.91 Å². The van der Waals surface area contributed by atoms with Crippen LogP contribution in [0.1, 0.15) is 18.1 Å². The number of ether oxygens (including phenoxy) is 1. The molecule has 5 nitrogen and oxygen atoms in total. The molecule has 0 saturated heterocycles. The number of fused-ring (bicyclic) bond motifs is 1. The Morgan fingerprint density at radius 3 is 2.88 bits per heavy atom. The summed E-state index contributed by atoms with van der Waals surface area (Å²) in [5, 5.41) is 5.54. The van der Waals surface area contributed by atoms with Gasteiger partial charge in [-0.25, -0.2) is 4.39 Å². The maximum absolute atomic E-state index is 13.1. The largest absolute Gasteiger partial charge is 0.479 e. The van der Waals surface area contributed by atoms with Gasteiger partial charge in [-0.15, -0.1) is 0 Å². The fourth-order valence-electron chi connectivity index (χ4n) is 2.46. The molecule has 124 valence electrons. The topological polar surface area (TPSA) is 67.4 Å². The summed E-state index contributed by atoms with van der Waals surface area (Å²) in [6.07, 6.45) is -0.408. The molecule has 1 atom stereocenters. The number of hydrogen-bond donors (Lipinski definition) is 2. The summed E-state index contributed by atoms with van der Waals surface area (Å²) in [6, 6.07) is 11.3. The van der Waals surface area contributed by atoms with Gasteiger partial charge in [0.05, 0.1) is 12.1 Å². The van der Waals surface area contributed by atoms with Gasteiger partial charge in [0.1, 0.15) is 11.6 Å². The van der Waals surface area contributed by atoms with E-state index in [4.69, 9.17) is 4.74 Å². The standard InChI is InChI=1S/C18H17FN2O3/c1-11-18(23)21-15-8-13(5-6-16(15)24-11)10-20-17(22)9-12-3-2-4-14(19)7-12/h2-8,11H,9-10H2,1H3,(H,20,22)(H,21,23). The summed E-state index contributed by atoms with van der Waals surface area (Å²) in [7, 11) is 0. The summed E-state index contributed by atoms with van der Waals surface area (Å²) in [5.41, 5.74) is 2.04. The first kappa shape index (κ1) is 16.0. The van der Waals surface area contributed by atoms with Crippen LogP contribution in [0, 0.1) is 5.82 Å². The Labute approximate surface area is 138 Å². The van der Waals surface area contributed by atoms with Gasteiger partial charge < -0.3 is 15.4 Å². The van der Waals surface area contributed by atoms with Gasteiger partial charge >= 0.3 is 0 Å². The summed E-state index contributed by atoms with van der Waals surface area (Å²) < 4.78 is 18.6. The lowest BCUT2D eigenvalue weighted by Crippen LogP contribution is -2.34. The molecule has 1 unspecified atom stereocenters. The molecule has 0 bridgehead atoms. The van der Waals surface area contributed by atoms with Crippen molar-refractivity contribution in [2.45, 2.75) is 26.0 Å². The van der Waals surface area contributed by atoms with E-state index in [-0.39, 0.29) is 24.1 Å². The van der Waals surface area contributed by atoms with Crippen molar-refractivity contribution < 1.29 is 18.7 Å². The molecule has 2 aromatic rings. The van der Waals surface area contributed by atoms with Gasteiger partial charge in [0.15, 0.2) is 6.10 Å². The summed E-state index contributed by atoms with van der Waals surface area (Å²) >= 11 is 0. The number of carbonyl (C=O) groups excluding carboxylic acids is 2. The fraction of sp³-hybridized carbons (Fsp3) is 0.222. The molecule has 1 heterocycles. The second kappa shape index (κ2) is 6.70. The normalized spacial score (nSPS) is 15.9. The van der Waals surface area contributed by atoms with Crippen LogP contribution in [0.4, 0.5) is 10.1 Å². The fourth-order valence-corrected chi connectivity index (χ4v) is 2.46. The highest BCUT2D eigenvalue weighted by atomic mass is 19.1. The van der Waals surface area contributed by atoms with E-state index in [0.717, 1.165) is 5.56 Å². The minimum atomic E-state index is -0.519. The second-order valence-corrected chi connectivity index (χ2v) is 5.66. The average molecular weight is 328 g/mol. The third-order valence-electron chi connectivity index (χ3n) is 3.72. The molecule has 0 aromatic heterocycles. The van der Waals surface area contributed by atoms with Crippen molar-refractivity contribution in [3.63, 3.8) is 0 Å². The molecule has 3 rings (SSSR count). The number of benzene rings is 2. The number of carbonyl (C=O) groups is 2. The molecule has 2 aromatic carbocycles. The molecule has 2 N–H and O–H groups in total. The maximum Gasteiger partial charge on any atom is 0.265 e. The van der Waals surface area contributed by atoms with E-state index in [9.17, 15) is 14.0 Å². The molecule has 0 saturated carbocycles. The zero-order chi connectivity index (χ0) is 17.1. The minimum absolute atomic E-state index is 0.111. The second-order valence-electron chi connectivity index (χ2n) is 5.66. The minimum Gasteiger partial charge on any atom is -0.479 e. The zero-order valence-corrected chi connectivity index (χ0v) is 13.1. The molecule has 1 aliphatic heterocycles. The van der Waals surface area contributed by atoms with Gasteiger partial charge in [-0.1, -0.05) is 18.2 Å². The van der Waals surface area contributed by atoms with Crippen molar-refractivity contribution >= 4 is 17.5 Å². The summed E-state index contributed by atoms with van der Waals surface area (Å²) in [6.45, 7) is 1.99. The molecule has 0 fully saturated rings. The lowest BCUT2D eigenvalue weighted by molar-refractivity contribution is -0.123. The van der Waals surface area contributed by atoms with Gasteiger partial charge in [0, 0.05) is 6.54 Å². The van der Waals surface area contributed by atoms with Crippen LogP contribution >= 0.6 is 0 Å². The first-order chi connectivity index (χ1) is 11.5. The van der Waals surface area contributed by atoms with Crippen LogP contribution in [0.15, 0.2) is 42.5 Å². The van der Waals surface area contributed by atoms with Crippen LogP contribution in [0.3, 0.4) is 0 Å². The number of rotatable bonds is 4. The van der Waals surface area contributed by atoms with Gasteiger partial charge in [-0.3, -0.25) is 9.59 Å². The Morgan fingerprint density at radius 2 is 2.08 bits per heavy atom. The maximum atomic E-state index is 13.1. The number of hydrogen-bond acceptors (Lipinski definition) is 3. The van der Waals surface area contributed by atoms with E-state index in [1.807, 2.05) is 6.07 Å².